The Morgan fingerprint density at radius 3 is 1.94 bits per heavy atom. The number of phenolic OH excluding ortho intramolecular Hbond substituents is 1. The molecule has 444 valence electrons. The number of fused-ring (bicyclic) bond motifs is 1. The number of phenols is 1. The van der Waals surface area contributed by atoms with Gasteiger partial charge in [0.1, 0.15) is 53.6 Å². The highest BCUT2D eigenvalue weighted by molar-refractivity contribution is 8.76. The summed E-state index contributed by atoms with van der Waals surface area (Å²) in [5.74, 6) is -7.66. The van der Waals surface area contributed by atoms with Gasteiger partial charge in [-0.15, -0.1) is 0 Å². The minimum atomic E-state index is -1.75. The summed E-state index contributed by atoms with van der Waals surface area (Å²) in [6.45, 7) is 6.55. The quantitative estimate of drug-likeness (QED) is 0.0443. The number of hydrogen-bond acceptors (Lipinski definition) is 14. The first kappa shape index (κ1) is 63.9. The summed E-state index contributed by atoms with van der Waals surface area (Å²) in [5, 5.41) is 56.0. The summed E-state index contributed by atoms with van der Waals surface area (Å²) < 4.78 is 5.32. The van der Waals surface area contributed by atoms with E-state index < -0.39 is 108 Å². The zero-order chi connectivity index (χ0) is 60.1. The Kier molecular flexibility index (Phi) is 24.0. The predicted octanol–water partition coefficient (Wildman–Crippen LogP) is 3.23. The van der Waals surface area contributed by atoms with Gasteiger partial charge >= 0.3 is 18.1 Å². The fourth-order valence-corrected chi connectivity index (χ4v) is 11.0. The lowest BCUT2D eigenvalue weighted by Crippen LogP contribution is -2.62. The number of hydrogen-bond donors (Lipinski definition) is 13. The van der Waals surface area contributed by atoms with E-state index in [0.29, 0.717) is 27.6 Å². The average Bonchev–Trinajstić information content (AvgIpc) is 4.11. The molecule has 0 spiro atoms. The molecule has 23 nitrogen and oxygen atoms in total. The number of aliphatic hydroxyl groups is 1. The van der Waals surface area contributed by atoms with Crippen LogP contribution in [0.5, 0.6) is 5.75 Å². The van der Waals surface area contributed by atoms with Crippen LogP contribution in [0.25, 0.3) is 10.9 Å². The third-order valence-electron chi connectivity index (χ3n) is 13.0. The number of carbonyl (C=O) groups excluding carboxylic acids is 8. The average molecular weight is 1180 g/mol. The van der Waals surface area contributed by atoms with E-state index in [1.807, 2.05) is 36.4 Å². The van der Waals surface area contributed by atoms with Crippen LogP contribution in [0.15, 0.2) is 115 Å². The number of benzene rings is 4. The van der Waals surface area contributed by atoms with Gasteiger partial charge in [-0.25, -0.2) is 14.4 Å². The third kappa shape index (κ3) is 20.9. The molecule has 0 aliphatic carbocycles. The van der Waals surface area contributed by atoms with Crippen molar-refractivity contribution >= 4 is 86.0 Å². The summed E-state index contributed by atoms with van der Waals surface area (Å²) in [5.41, 5.74) is 2.43. The molecule has 1 aliphatic rings. The smallest absolute Gasteiger partial charge is 0.407 e. The molecule has 1 saturated heterocycles. The van der Waals surface area contributed by atoms with E-state index in [4.69, 9.17) is 4.74 Å². The van der Waals surface area contributed by atoms with Crippen molar-refractivity contribution in [2.24, 2.45) is 0 Å². The maximum Gasteiger partial charge on any atom is 0.407 e. The highest BCUT2D eigenvalue weighted by atomic mass is 33.1. The lowest BCUT2D eigenvalue weighted by molar-refractivity contribution is -0.142. The van der Waals surface area contributed by atoms with Gasteiger partial charge in [0.25, 0.3) is 0 Å². The normalized spacial score (nSPS) is 20.4. The summed E-state index contributed by atoms with van der Waals surface area (Å²) >= 11 is 0. The minimum absolute atomic E-state index is 0.0204. The van der Waals surface area contributed by atoms with E-state index in [0.717, 1.165) is 27.2 Å². The number of carboxylic acids is 1. The largest absolute Gasteiger partial charge is 0.508 e. The molecule has 0 radical (unpaired) electrons. The van der Waals surface area contributed by atoms with Crippen molar-refractivity contribution in [2.45, 2.75) is 127 Å². The van der Waals surface area contributed by atoms with Gasteiger partial charge in [-0.05, 0) is 87.4 Å². The molecule has 25 heteroatoms. The molecule has 1 aliphatic heterocycles. The molecule has 2 heterocycles. The molecule has 0 bridgehead atoms. The second kappa shape index (κ2) is 31.2. The van der Waals surface area contributed by atoms with Gasteiger partial charge in [0.15, 0.2) is 0 Å². The van der Waals surface area contributed by atoms with Crippen LogP contribution in [0.2, 0.25) is 0 Å². The monoisotopic (exact) mass is 1180 g/mol. The third-order valence-corrected chi connectivity index (χ3v) is 15.4. The highest BCUT2D eigenvalue weighted by Crippen LogP contribution is 2.25. The fourth-order valence-electron chi connectivity index (χ4n) is 8.70. The first-order valence-electron chi connectivity index (χ1n) is 27.0. The maximum absolute atomic E-state index is 15.0. The number of nitrogens with one attached hydrogen (secondary N) is 10. The number of aliphatic carboxylic acids is 1. The van der Waals surface area contributed by atoms with Gasteiger partial charge in [0.05, 0.1) is 6.10 Å². The number of ether oxygens (including phenoxy) is 1. The number of amides is 9. The first-order chi connectivity index (χ1) is 39.6. The van der Waals surface area contributed by atoms with Crippen LogP contribution >= 0.6 is 21.6 Å². The Bertz CT molecular complexity index is 3020. The lowest BCUT2D eigenvalue weighted by atomic mass is 10.0. The topological polar surface area (TPSA) is 348 Å². The molecule has 1 fully saturated rings. The van der Waals surface area contributed by atoms with Gasteiger partial charge in [0.2, 0.25) is 35.4 Å². The number of H-pyrrole nitrogens is 1. The molecule has 0 unspecified atom stereocenters. The number of carboxylic acid groups (broad SMARTS) is 1. The van der Waals surface area contributed by atoms with Crippen LogP contribution in [0.4, 0.5) is 9.59 Å². The second-order valence-electron chi connectivity index (χ2n) is 20.9. The number of aromatic hydroxyl groups is 1. The number of alkyl carbamates (subject to hydrolysis) is 1. The maximum atomic E-state index is 15.0. The van der Waals surface area contributed by atoms with E-state index >= 15 is 4.79 Å². The van der Waals surface area contributed by atoms with E-state index in [-0.39, 0.29) is 68.9 Å². The zero-order valence-corrected chi connectivity index (χ0v) is 48.0. The van der Waals surface area contributed by atoms with E-state index in [1.54, 1.807) is 75.5 Å². The molecule has 83 heavy (non-hydrogen) atoms. The van der Waals surface area contributed by atoms with Crippen molar-refractivity contribution in [3.63, 3.8) is 0 Å². The number of para-hydroxylation sites is 1. The van der Waals surface area contributed by atoms with Crippen molar-refractivity contribution in [3.8, 4) is 5.75 Å². The van der Waals surface area contributed by atoms with Crippen LogP contribution in [0.1, 0.15) is 69.2 Å². The SMILES string of the molecule is C[C@@H](O)[C@@H]1NC(=O)[C@H](CCCCNC(=O)OC(C)(C)C)NC(=O)[C@@H](Cc2c[nH]c3ccccc23)NC(=O)[C@H](Cc2ccc(O)cc2)NC(=O)[C@@H](NC(=O)[C@@H](Cc2ccccc2)NC(=O)NCc2ccccc2)CSSC[C@@H](C(=O)O)NC1=O. The minimum Gasteiger partial charge on any atom is -0.508 e. The highest BCUT2D eigenvalue weighted by Gasteiger charge is 2.36. The van der Waals surface area contributed by atoms with Gasteiger partial charge in [0, 0.05) is 61.0 Å². The summed E-state index contributed by atoms with van der Waals surface area (Å²) in [7, 11) is 1.85. The van der Waals surface area contributed by atoms with Crippen molar-refractivity contribution in [2.75, 3.05) is 18.1 Å². The van der Waals surface area contributed by atoms with Gasteiger partial charge in [-0.1, -0.05) is 113 Å². The van der Waals surface area contributed by atoms with E-state index in [2.05, 4.69) is 52.8 Å². The van der Waals surface area contributed by atoms with Crippen LogP contribution < -0.4 is 47.9 Å². The van der Waals surface area contributed by atoms with E-state index in [9.17, 15) is 53.7 Å². The zero-order valence-electron chi connectivity index (χ0n) is 46.4. The summed E-state index contributed by atoms with van der Waals surface area (Å²) in [4.78, 5) is 129. The Balaban J connectivity index is 1.36. The Hall–Kier alpha value is -8.29. The number of carbonyl (C=O) groups is 9. The van der Waals surface area contributed by atoms with Crippen LogP contribution in [-0.4, -0.2) is 146 Å². The summed E-state index contributed by atoms with van der Waals surface area (Å²) in [6.07, 6.45) is -0.661. The molecule has 13 N–H and O–H groups in total. The molecule has 5 aromatic rings. The lowest BCUT2D eigenvalue weighted by Gasteiger charge is -2.29. The first-order valence-corrected chi connectivity index (χ1v) is 29.5. The fraction of sp³-hybridized carbons (Fsp3) is 0.397. The van der Waals surface area contributed by atoms with Gasteiger partial charge in [-0.3, -0.25) is 28.8 Å². The molecular formula is C58H72N10O13S2. The van der Waals surface area contributed by atoms with Crippen molar-refractivity contribution < 1.29 is 63.2 Å². The second-order valence-corrected chi connectivity index (χ2v) is 23.4. The molecule has 0 saturated carbocycles. The van der Waals surface area contributed by atoms with Crippen LogP contribution in [0.3, 0.4) is 0 Å². The number of aliphatic hydroxyl groups excluding tert-OH is 1. The van der Waals surface area contributed by atoms with Gasteiger partial charge < -0.3 is 72.9 Å². The number of aromatic amines is 1. The van der Waals surface area contributed by atoms with Crippen molar-refractivity contribution in [1.82, 2.24) is 52.8 Å². The molecule has 8 atom stereocenters. The Morgan fingerprint density at radius 2 is 1.28 bits per heavy atom. The van der Waals surface area contributed by atoms with E-state index in [1.165, 1.54) is 31.2 Å². The predicted molar refractivity (Wildman–Crippen MR) is 313 cm³/mol. The van der Waals surface area contributed by atoms with Crippen molar-refractivity contribution in [1.29, 1.82) is 0 Å². The number of aromatic nitrogens is 1. The number of unbranched alkanes of at least 4 members (excludes halogenated alkanes) is 1. The number of rotatable bonds is 18. The van der Waals surface area contributed by atoms with Crippen LogP contribution in [0, 0.1) is 0 Å². The Labute approximate surface area is 488 Å². The summed E-state index contributed by atoms with van der Waals surface area (Å²) in [6, 6.07) is 19.6. The molecule has 4 aromatic carbocycles. The molecule has 9 amide bonds. The van der Waals surface area contributed by atoms with Crippen molar-refractivity contribution in [3.05, 3.63) is 138 Å². The Morgan fingerprint density at radius 1 is 0.675 bits per heavy atom. The van der Waals surface area contributed by atoms with Crippen LogP contribution in [-0.2, 0) is 64.1 Å². The molecular weight excluding hydrogens is 1110 g/mol. The number of urea groups is 1. The van der Waals surface area contributed by atoms with Gasteiger partial charge in [-0.2, -0.15) is 0 Å². The standard InChI is InChI=1S/C58H72N10O13S2/c1-34(69)48-54(76)66-47(55(77)78)33-83-82-32-46(65-51(73)44(27-35-15-7-5-8-16-35)67-56(79)61-30-37-17-9-6-10-18-37)53(75)63-43(28-36-22-24-39(70)25-23-36)50(72)64-45(29-38-31-60-41-20-12-11-19-40(38)41)52(74)62-42(49(71)68-48)21-13-14-26-59-57(80)81-58(2,3)4/h5-12,15-20,22-25,31,34,42-48,60,69-70H,13-14,21,26-30,32-33H2,1-4H3,(H,59,80)(H,62,74)(H,63,75)(H,64,72)(H,65,73)(H,66,76)(H,68,71)(H,77,78)(H2,61,67,79)/t34-,42+,43+,44-,45-,46+,47+,48+/m1/s1. The molecule has 6 rings (SSSR count). The molecule has 1 aromatic heterocycles.